The SMILES string of the molecule is CC(C)C(C)NC(=O)N1CCN(S(=O)(=O)c2cc(Cl)ccc2Cl)CC1. The first-order chi connectivity index (χ1) is 11.6. The Morgan fingerprint density at radius 3 is 2.28 bits per heavy atom. The van der Waals surface area contributed by atoms with Gasteiger partial charge in [-0.1, -0.05) is 37.0 Å². The van der Waals surface area contributed by atoms with E-state index in [4.69, 9.17) is 23.2 Å². The van der Waals surface area contributed by atoms with E-state index in [1.54, 1.807) is 11.0 Å². The number of nitrogens with zero attached hydrogens (tertiary/aromatic N) is 2. The summed E-state index contributed by atoms with van der Waals surface area (Å²) in [7, 11) is -3.74. The Bertz CT molecular complexity index is 732. The van der Waals surface area contributed by atoms with Crippen LogP contribution in [-0.4, -0.2) is 55.9 Å². The highest BCUT2D eigenvalue weighted by Gasteiger charge is 2.32. The summed E-state index contributed by atoms with van der Waals surface area (Å²) in [5, 5.41) is 3.37. The lowest BCUT2D eigenvalue weighted by Crippen LogP contribution is -2.54. The summed E-state index contributed by atoms with van der Waals surface area (Å²) < 4.78 is 26.9. The Hall–Kier alpha value is -1.02. The van der Waals surface area contributed by atoms with Crippen molar-refractivity contribution in [3.63, 3.8) is 0 Å². The van der Waals surface area contributed by atoms with Crippen molar-refractivity contribution in [2.45, 2.75) is 31.7 Å². The zero-order valence-electron chi connectivity index (χ0n) is 14.5. The second-order valence-electron chi connectivity index (χ2n) is 6.45. The van der Waals surface area contributed by atoms with Gasteiger partial charge in [-0.05, 0) is 31.0 Å². The van der Waals surface area contributed by atoms with Gasteiger partial charge in [0.1, 0.15) is 4.90 Å². The Balaban J connectivity index is 2.04. The van der Waals surface area contributed by atoms with Gasteiger partial charge < -0.3 is 10.2 Å². The number of nitrogens with one attached hydrogen (secondary N) is 1. The van der Waals surface area contributed by atoms with Gasteiger partial charge in [0.2, 0.25) is 10.0 Å². The number of hydrogen-bond donors (Lipinski definition) is 1. The molecule has 1 aromatic rings. The van der Waals surface area contributed by atoms with Gasteiger partial charge in [0.15, 0.2) is 0 Å². The highest BCUT2D eigenvalue weighted by Crippen LogP contribution is 2.28. The quantitative estimate of drug-likeness (QED) is 0.833. The van der Waals surface area contributed by atoms with Gasteiger partial charge in [-0.15, -0.1) is 0 Å². The summed E-state index contributed by atoms with van der Waals surface area (Å²) in [6.07, 6.45) is 0. The number of sulfonamides is 1. The van der Waals surface area contributed by atoms with Crippen LogP contribution >= 0.6 is 23.2 Å². The largest absolute Gasteiger partial charge is 0.335 e. The first-order valence-corrected chi connectivity index (χ1v) is 10.3. The van der Waals surface area contributed by atoms with Crippen LogP contribution in [0.15, 0.2) is 23.1 Å². The molecule has 0 bridgehead atoms. The van der Waals surface area contributed by atoms with Crippen molar-refractivity contribution in [1.82, 2.24) is 14.5 Å². The minimum atomic E-state index is -3.74. The highest BCUT2D eigenvalue weighted by atomic mass is 35.5. The van der Waals surface area contributed by atoms with E-state index in [1.807, 2.05) is 20.8 Å². The first kappa shape index (κ1) is 20.3. The maximum absolute atomic E-state index is 12.8. The summed E-state index contributed by atoms with van der Waals surface area (Å²) in [5.74, 6) is 0.329. The normalized spacial score (nSPS) is 17.6. The molecule has 0 saturated carbocycles. The summed E-state index contributed by atoms with van der Waals surface area (Å²) >= 11 is 11.9. The smallest absolute Gasteiger partial charge is 0.317 e. The second kappa shape index (κ2) is 8.12. The van der Waals surface area contributed by atoms with Crippen LogP contribution in [-0.2, 0) is 10.0 Å². The standard InChI is InChI=1S/C16H23Cl2N3O3S/c1-11(2)12(3)19-16(22)20-6-8-21(9-7-20)25(23,24)15-10-13(17)4-5-14(15)18/h4-5,10-12H,6-9H2,1-3H3,(H,19,22). The molecule has 25 heavy (non-hydrogen) atoms. The Kier molecular flexibility index (Phi) is 6.59. The van der Waals surface area contributed by atoms with Crippen LogP contribution < -0.4 is 5.32 Å². The Labute approximate surface area is 159 Å². The monoisotopic (exact) mass is 407 g/mol. The molecule has 1 atom stereocenters. The molecule has 1 unspecified atom stereocenters. The van der Waals surface area contributed by atoms with Crippen molar-refractivity contribution in [3.05, 3.63) is 28.2 Å². The number of rotatable bonds is 4. The number of piperazine rings is 1. The van der Waals surface area contributed by atoms with Crippen molar-refractivity contribution >= 4 is 39.3 Å². The van der Waals surface area contributed by atoms with Gasteiger partial charge in [-0.3, -0.25) is 0 Å². The van der Waals surface area contributed by atoms with E-state index in [2.05, 4.69) is 5.32 Å². The van der Waals surface area contributed by atoms with Crippen molar-refractivity contribution in [2.24, 2.45) is 5.92 Å². The predicted molar refractivity (Wildman–Crippen MR) is 99.6 cm³/mol. The van der Waals surface area contributed by atoms with Gasteiger partial charge in [-0.25, -0.2) is 13.2 Å². The van der Waals surface area contributed by atoms with Crippen LogP contribution in [0.4, 0.5) is 4.79 Å². The van der Waals surface area contributed by atoms with Crippen LogP contribution in [0.25, 0.3) is 0 Å². The molecule has 140 valence electrons. The fourth-order valence-corrected chi connectivity index (χ4v) is 4.56. The summed E-state index contributed by atoms with van der Waals surface area (Å²) in [5.41, 5.74) is 0. The number of benzene rings is 1. The van der Waals surface area contributed by atoms with Crippen LogP contribution in [0.1, 0.15) is 20.8 Å². The van der Waals surface area contributed by atoms with Crippen molar-refractivity contribution in [3.8, 4) is 0 Å². The van der Waals surface area contributed by atoms with Crippen molar-refractivity contribution < 1.29 is 13.2 Å². The first-order valence-electron chi connectivity index (χ1n) is 8.13. The van der Waals surface area contributed by atoms with Gasteiger partial charge in [0, 0.05) is 37.2 Å². The summed E-state index contributed by atoms with van der Waals surface area (Å²) in [6.45, 7) is 7.10. The van der Waals surface area contributed by atoms with Crippen LogP contribution in [0.3, 0.4) is 0 Å². The van der Waals surface area contributed by atoms with E-state index in [-0.39, 0.29) is 35.1 Å². The minimum absolute atomic E-state index is 0.00648. The lowest BCUT2D eigenvalue weighted by atomic mass is 10.1. The maximum Gasteiger partial charge on any atom is 0.317 e. The van der Waals surface area contributed by atoms with E-state index in [0.29, 0.717) is 24.0 Å². The van der Waals surface area contributed by atoms with Crippen LogP contribution in [0, 0.1) is 5.92 Å². The molecule has 1 heterocycles. The molecule has 2 amide bonds. The molecule has 0 spiro atoms. The number of hydrogen-bond acceptors (Lipinski definition) is 3. The van der Waals surface area contributed by atoms with Gasteiger partial charge in [-0.2, -0.15) is 4.31 Å². The molecule has 2 rings (SSSR count). The number of amides is 2. The van der Waals surface area contributed by atoms with E-state index in [9.17, 15) is 13.2 Å². The lowest BCUT2D eigenvalue weighted by molar-refractivity contribution is 0.167. The minimum Gasteiger partial charge on any atom is -0.335 e. The fraction of sp³-hybridized carbons (Fsp3) is 0.562. The average molecular weight is 408 g/mol. The predicted octanol–water partition coefficient (Wildman–Crippen LogP) is 3.05. The number of carbonyl (C=O) groups excluding carboxylic acids is 1. The molecular formula is C16H23Cl2N3O3S. The van der Waals surface area contributed by atoms with Crippen molar-refractivity contribution in [2.75, 3.05) is 26.2 Å². The molecule has 0 aliphatic carbocycles. The third-order valence-electron chi connectivity index (χ3n) is 4.39. The van der Waals surface area contributed by atoms with E-state index < -0.39 is 10.0 Å². The molecular weight excluding hydrogens is 385 g/mol. The van der Waals surface area contributed by atoms with E-state index in [0.717, 1.165) is 0 Å². The van der Waals surface area contributed by atoms with Crippen molar-refractivity contribution in [1.29, 1.82) is 0 Å². The molecule has 9 heteroatoms. The Morgan fingerprint density at radius 1 is 1.12 bits per heavy atom. The molecule has 6 nitrogen and oxygen atoms in total. The van der Waals surface area contributed by atoms with E-state index >= 15 is 0 Å². The zero-order valence-corrected chi connectivity index (χ0v) is 16.8. The molecule has 1 aliphatic heterocycles. The molecule has 1 aliphatic rings. The number of carbonyl (C=O) groups is 1. The molecule has 1 aromatic carbocycles. The van der Waals surface area contributed by atoms with Gasteiger partial charge in [0.05, 0.1) is 5.02 Å². The molecule has 0 radical (unpaired) electrons. The summed E-state index contributed by atoms with van der Waals surface area (Å²) in [6, 6.07) is 4.25. The molecule has 0 aromatic heterocycles. The zero-order chi connectivity index (χ0) is 18.8. The third-order valence-corrected chi connectivity index (χ3v) is 7.00. The lowest BCUT2D eigenvalue weighted by Gasteiger charge is -2.35. The van der Waals surface area contributed by atoms with Gasteiger partial charge >= 0.3 is 6.03 Å². The fourth-order valence-electron chi connectivity index (χ4n) is 2.40. The molecule has 1 fully saturated rings. The molecule has 1 N–H and O–H groups in total. The maximum atomic E-state index is 12.8. The van der Waals surface area contributed by atoms with Crippen LogP contribution in [0.2, 0.25) is 10.0 Å². The highest BCUT2D eigenvalue weighted by molar-refractivity contribution is 7.89. The topological polar surface area (TPSA) is 69.7 Å². The number of halogens is 2. The summed E-state index contributed by atoms with van der Waals surface area (Å²) in [4.78, 5) is 13.9. The van der Waals surface area contributed by atoms with Crippen LogP contribution in [0.5, 0.6) is 0 Å². The molecule has 1 saturated heterocycles. The number of urea groups is 1. The van der Waals surface area contributed by atoms with E-state index in [1.165, 1.54) is 16.4 Å². The second-order valence-corrected chi connectivity index (χ2v) is 9.20. The Morgan fingerprint density at radius 2 is 1.72 bits per heavy atom. The average Bonchev–Trinajstić information content (AvgIpc) is 2.56. The van der Waals surface area contributed by atoms with Gasteiger partial charge in [0.25, 0.3) is 0 Å². The third kappa shape index (κ3) is 4.78.